The van der Waals surface area contributed by atoms with Crippen molar-refractivity contribution in [3.05, 3.63) is 63.5 Å². The van der Waals surface area contributed by atoms with E-state index in [9.17, 15) is 22.8 Å². The molecule has 0 saturated heterocycles. The molecule has 0 bridgehead atoms. The molecule has 1 heterocycles. The second kappa shape index (κ2) is 8.45. The van der Waals surface area contributed by atoms with Crippen LogP contribution in [0.2, 0.25) is 5.02 Å². The summed E-state index contributed by atoms with van der Waals surface area (Å²) in [4.78, 5) is 23.8. The van der Waals surface area contributed by atoms with Gasteiger partial charge in [-0.1, -0.05) is 35.9 Å². The number of anilines is 1. The molecule has 0 fully saturated rings. The van der Waals surface area contributed by atoms with Crippen molar-refractivity contribution < 1.29 is 22.8 Å². The highest BCUT2D eigenvalue weighted by molar-refractivity contribution is 7.21. The van der Waals surface area contributed by atoms with Gasteiger partial charge in [-0.05, 0) is 43.2 Å². The Morgan fingerprint density at radius 2 is 1.77 bits per heavy atom. The SMILES string of the molecule is CC(=NNC(=O)c1sc2cc(C)ccc2c1Cl)c1ccc(NC(=O)C(F)(F)F)cc1. The molecule has 156 valence electrons. The Morgan fingerprint density at radius 1 is 1.10 bits per heavy atom. The summed E-state index contributed by atoms with van der Waals surface area (Å²) in [7, 11) is 0. The Labute approximate surface area is 178 Å². The lowest BCUT2D eigenvalue weighted by Crippen LogP contribution is -2.29. The Kier molecular flexibility index (Phi) is 6.14. The maximum Gasteiger partial charge on any atom is 0.471 e. The predicted octanol–water partition coefficient (Wildman–Crippen LogP) is 5.52. The molecule has 0 aliphatic carbocycles. The highest BCUT2D eigenvalue weighted by Crippen LogP contribution is 2.35. The number of hydrazone groups is 1. The van der Waals surface area contributed by atoms with Gasteiger partial charge in [-0.3, -0.25) is 9.59 Å². The van der Waals surface area contributed by atoms with Crippen molar-refractivity contribution in [2.75, 3.05) is 5.32 Å². The van der Waals surface area contributed by atoms with E-state index in [0.717, 1.165) is 15.6 Å². The minimum Gasteiger partial charge on any atom is -0.318 e. The molecule has 2 aromatic carbocycles. The van der Waals surface area contributed by atoms with E-state index in [4.69, 9.17) is 11.6 Å². The predicted molar refractivity (Wildman–Crippen MR) is 112 cm³/mol. The zero-order valence-electron chi connectivity index (χ0n) is 15.7. The van der Waals surface area contributed by atoms with Crippen LogP contribution in [0, 0.1) is 6.92 Å². The van der Waals surface area contributed by atoms with Gasteiger partial charge in [-0.25, -0.2) is 5.43 Å². The lowest BCUT2D eigenvalue weighted by molar-refractivity contribution is -0.167. The second-order valence-corrected chi connectivity index (χ2v) is 7.84. The first-order valence-electron chi connectivity index (χ1n) is 8.58. The van der Waals surface area contributed by atoms with Crippen molar-refractivity contribution in [1.82, 2.24) is 5.43 Å². The van der Waals surface area contributed by atoms with Gasteiger partial charge in [-0.2, -0.15) is 18.3 Å². The van der Waals surface area contributed by atoms with Crippen LogP contribution in [0.15, 0.2) is 47.6 Å². The Morgan fingerprint density at radius 3 is 2.40 bits per heavy atom. The van der Waals surface area contributed by atoms with Crippen molar-refractivity contribution in [3.8, 4) is 0 Å². The first-order chi connectivity index (χ1) is 14.1. The van der Waals surface area contributed by atoms with E-state index in [-0.39, 0.29) is 5.69 Å². The number of rotatable bonds is 4. The first kappa shape index (κ1) is 21.8. The van der Waals surface area contributed by atoms with Crippen molar-refractivity contribution >= 4 is 56.2 Å². The standard InChI is InChI=1S/C20H15ClF3N3O2S/c1-10-3-8-14-15(9-10)30-17(16(14)21)18(28)27-26-11(2)12-4-6-13(7-5-12)25-19(29)20(22,23)24/h3-9H,1-2H3,(H,25,29)(H,27,28). The highest BCUT2D eigenvalue weighted by atomic mass is 35.5. The third-order valence-corrected chi connectivity index (χ3v) is 5.79. The largest absolute Gasteiger partial charge is 0.471 e. The normalized spacial score (nSPS) is 12.1. The highest BCUT2D eigenvalue weighted by Gasteiger charge is 2.38. The number of benzene rings is 2. The quantitative estimate of drug-likeness (QED) is 0.403. The summed E-state index contributed by atoms with van der Waals surface area (Å²) >= 11 is 7.57. The van der Waals surface area contributed by atoms with E-state index in [1.807, 2.05) is 25.1 Å². The van der Waals surface area contributed by atoms with Crippen LogP contribution >= 0.6 is 22.9 Å². The van der Waals surface area contributed by atoms with E-state index in [0.29, 0.717) is 21.2 Å². The molecule has 0 saturated carbocycles. The number of alkyl halides is 3. The van der Waals surface area contributed by atoms with E-state index in [2.05, 4.69) is 10.5 Å². The number of halogens is 4. The number of carbonyl (C=O) groups excluding carboxylic acids is 2. The van der Waals surface area contributed by atoms with E-state index in [1.54, 1.807) is 12.2 Å². The molecular weight excluding hydrogens is 439 g/mol. The zero-order valence-corrected chi connectivity index (χ0v) is 17.3. The molecule has 2 amide bonds. The number of carbonyl (C=O) groups is 2. The molecule has 5 nitrogen and oxygen atoms in total. The van der Waals surface area contributed by atoms with Gasteiger partial charge in [0.1, 0.15) is 4.88 Å². The molecule has 0 aliphatic rings. The molecule has 30 heavy (non-hydrogen) atoms. The van der Waals surface area contributed by atoms with Gasteiger partial charge in [0.2, 0.25) is 0 Å². The fourth-order valence-corrected chi connectivity index (χ4v) is 4.07. The van der Waals surface area contributed by atoms with Crippen LogP contribution in [0.5, 0.6) is 0 Å². The van der Waals surface area contributed by atoms with Crippen LogP contribution < -0.4 is 10.7 Å². The van der Waals surface area contributed by atoms with E-state index >= 15 is 0 Å². The third kappa shape index (κ3) is 4.80. The summed E-state index contributed by atoms with van der Waals surface area (Å²) in [6.07, 6.45) is -4.97. The molecular formula is C20H15ClF3N3O2S. The summed E-state index contributed by atoms with van der Waals surface area (Å²) < 4.78 is 37.8. The fourth-order valence-electron chi connectivity index (χ4n) is 2.57. The second-order valence-electron chi connectivity index (χ2n) is 6.41. The van der Waals surface area contributed by atoms with Gasteiger partial charge in [0, 0.05) is 15.8 Å². The summed E-state index contributed by atoms with van der Waals surface area (Å²) in [6, 6.07) is 11.3. The topological polar surface area (TPSA) is 70.6 Å². The van der Waals surface area contributed by atoms with Gasteiger partial charge in [0.05, 0.1) is 10.7 Å². The Hall–Kier alpha value is -2.91. The van der Waals surface area contributed by atoms with Gasteiger partial charge in [-0.15, -0.1) is 11.3 Å². The van der Waals surface area contributed by atoms with Gasteiger partial charge in [0.25, 0.3) is 5.91 Å². The average molecular weight is 454 g/mol. The number of thiophene rings is 1. The molecule has 0 spiro atoms. The van der Waals surface area contributed by atoms with Crippen LogP contribution in [-0.2, 0) is 4.79 Å². The van der Waals surface area contributed by atoms with Crippen LogP contribution in [0.4, 0.5) is 18.9 Å². The van der Waals surface area contributed by atoms with Crippen LogP contribution in [0.3, 0.4) is 0 Å². The van der Waals surface area contributed by atoms with Crippen molar-refractivity contribution in [1.29, 1.82) is 0 Å². The molecule has 0 aliphatic heterocycles. The molecule has 0 atom stereocenters. The molecule has 3 aromatic rings. The van der Waals surface area contributed by atoms with Crippen LogP contribution in [0.25, 0.3) is 10.1 Å². The minimum atomic E-state index is -4.97. The van der Waals surface area contributed by atoms with Crippen molar-refractivity contribution in [3.63, 3.8) is 0 Å². The smallest absolute Gasteiger partial charge is 0.318 e. The van der Waals surface area contributed by atoms with Gasteiger partial charge in [0.15, 0.2) is 0 Å². The van der Waals surface area contributed by atoms with Crippen LogP contribution in [-0.4, -0.2) is 23.7 Å². The lowest BCUT2D eigenvalue weighted by atomic mass is 10.1. The summed E-state index contributed by atoms with van der Waals surface area (Å²) in [5.74, 6) is -2.52. The van der Waals surface area contributed by atoms with Crippen LogP contribution in [0.1, 0.15) is 27.7 Å². The minimum absolute atomic E-state index is 0.00902. The lowest BCUT2D eigenvalue weighted by Gasteiger charge is -2.08. The van der Waals surface area contributed by atoms with Gasteiger partial charge >= 0.3 is 12.1 Å². The average Bonchev–Trinajstić information content (AvgIpc) is 3.01. The molecule has 1 aromatic heterocycles. The summed E-state index contributed by atoms with van der Waals surface area (Å²) in [6.45, 7) is 3.57. The molecule has 0 radical (unpaired) electrons. The molecule has 10 heteroatoms. The fraction of sp³-hybridized carbons (Fsp3) is 0.150. The van der Waals surface area contributed by atoms with E-state index < -0.39 is 18.0 Å². The Bertz CT molecular complexity index is 1150. The summed E-state index contributed by atoms with van der Waals surface area (Å²) in [5.41, 5.74) is 4.46. The molecule has 2 N–H and O–H groups in total. The molecule has 0 unspecified atom stereocenters. The van der Waals surface area contributed by atoms with Crippen molar-refractivity contribution in [2.45, 2.75) is 20.0 Å². The number of aryl methyl sites for hydroxylation is 1. The number of fused-ring (bicyclic) bond motifs is 1. The van der Waals surface area contributed by atoms with Crippen molar-refractivity contribution in [2.24, 2.45) is 5.10 Å². The first-order valence-corrected chi connectivity index (χ1v) is 9.77. The third-order valence-electron chi connectivity index (χ3n) is 4.13. The summed E-state index contributed by atoms with van der Waals surface area (Å²) in [5, 5.41) is 6.92. The Balaban J connectivity index is 1.71. The van der Waals surface area contributed by atoms with E-state index in [1.165, 1.54) is 35.6 Å². The van der Waals surface area contributed by atoms with Gasteiger partial charge < -0.3 is 5.32 Å². The molecule has 3 rings (SSSR count). The zero-order chi connectivity index (χ0) is 22.1. The maximum atomic E-state index is 12.5. The number of hydrogen-bond donors (Lipinski definition) is 2. The number of nitrogens with zero attached hydrogens (tertiary/aromatic N) is 1. The monoisotopic (exact) mass is 453 g/mol. The number of nitrogens with one attached hydrogen (secondary N) is 2. The number of amides is 2. The number of hydrogen-bond acceptors (Lipinski definition) is 4. The maximum absolute atomic E-state index is 12.5.